The summed E-state index contributed by atoms with van der Waals surface area (Å²) < 4.78 is 19.0. The first-order chi connectivity index (χ1) is 9.60. The van der Waals surface area contributed by atoms with Crippen molar-refractivity contribution in [1.29, 1.82) is 0 Å². The molecule has 1 rings (SSSR count). The Morgan fingerprint density at radius 1 is 1.24 bits per heavy atom. The molecule has 120 valence electrons. The van der Waals surface area contributed by atoms with Crippen molar-refractivity contribution in [2.24, 2.45) is 5.92 Å². The number of Topliss-reactive ketones (excluding diaryl/α,β-unsaturated/α-hetero) is 1. The number of rotatable bonds is 3. The molecule has 0 saturated carbocycles. The first kappa shape index (κ1) is 17.5. The maximum atomic E-state index is 13.7. The molecular weight excluding hydrogens is 275 g/mol. The van der Waals surface area contributed by atoms with Crippen LogP contribution in [-0.2, 0) is 9.53 Å². The lowest BCUT2D eigenvalue weighted by molar-refractivity contribution is -0.122. The van der Waals surface area contributed by atoms with Gasteiger partial charge in [0.1, 0.15) is 5.60 Å². The van der Waals surface area contributed by atoms with Crippen LogP contribution in [0, 0.1) is 5.92 Å². The highest BCUT2D eigenvalue weighted by molar-refractivity contribution is 5.95. The van der Waals surface area contributed by atoms with Crippen molar-refractivity contribution in [1.82, 2.24) is 9.80 Å². The highest BCUT2D eigenvalue weighted by Gasteiger charge is 2.31. The fourth-order valence-electron chi connectivity index (χ4n) is 2.14. The van der Waals surface area contributed by atoms with Gasteiger partial charge in [-0.3, -0.25) is 4.79 Å². The van der Waals surface area contributed by atoms with Gasteiger partial charge in [0, 0.05) is 39.3 Å². The van der Waals surface area contributed by atoms with Crippen LogP contribution in [0.4, 0.5) is 9.18 Å². The number of allylic oxidation sites excluding steroid dienone is 1. The van der Waals surface area contributed by atoms with Gasteiger partial charge in [-0.05, 0) is 33.6 Å². The number of piperidine rings is 1. The zero-order chi connectivity index (χ0) is 16.2. The smallest absolute Gasteiger partial charge is 0.410 e. The minimum absolute atomic E-state index is 0.361. The Labute approximate surface area is 125 Å². The summed E-state index contributed by atoms with van der Waals surface area (Å²) in [7, 11) is 3.33. The van der Waals surface area contributed by atoms with Crippen molar-refractivity contribution in [3.8, 4) is 0 Å². The number of hydrogen-bond donors (Lipinski definition) is 0. The number of halogens is 1. The predicted molar refractivity (Wildman–Crippen MR) is 78.4 cm³/mol. The molecule has 0 N–H and O–H groups in total. The molecule has 0 aliphatic carbocycles. The SMILES string of the molecule is CN(C)/C=C(\F)C(=O)C1CCN(C(=O)OC(C)(C)C)CC1. The van der Waals surface area contributed by atoms with E-state index in [1.165, 1.54) is 11.1 Å². The van der Waals surface area contributed by atoms with Gasteiger partial charge in [-0.15, -0.1) is 0 Å². The number of nitrogens with zero attached hydrogens (tertiary/aromatic N) is 2. The van der Waals surface area contributed by atoms with Crippen LogP contribution in [0.25, 0.3) is 0 Å². The molecule has 6 heteroatoms. The fourth-order valence-corrected chi connectivity index (χ4v) is 2.14. The molecule has 1 aliphatic heterocycles. The van der Waals surface area contributed by atoms with E-state index in [9.17, 15) is 14.0 Å². The molecule has 1 amide bonds. The maximum absolute atomic E-state index is 13.7. The predicted octanol–water partition coefficient (Wildman–Crippen LogP) is 2.58. The zero-order valence-electron chi connectivity index (χ0n) is 13.5. The summed E-state index contributed by atoms with van der Waals surface area (Å²) in [5, 5.41) is 0. The van der Waals surface area contributed by atoms with Gasteiger partial charge < -0.3 is 14.5 Å². The van der Waals surface area contributed by atoms with Crippen molar-refractivity contribution in [2.45, 2.75) is 39.2 Å². The van der Waals surface area contributed by atoms with E-state index in [-0.39, 0.29) is 12.0 Å². The Bertz CT molecular complexity index is 419. The van der Waals surface area contributed by atoms with E-state index in [0.29, 0.717) is 25.9 Å². The molecule has 0 spiro atoms. The molecule has 0 aromatic rings. The Morgan fingerprint density at radius 2 is 1.76 bits per heavy atom. The van der Waals surface area contributed by atoms with Gasteiger partial charge in [-0.2, -0.15) is 0 Å². The molecule has 5 nitrogen and oxygen atoms in total. The summed E-state index contributed by atoms with van der Waals surface area (Å²) in [5.74, 6) is -1.57. The largest absolute Gasteiger partial charge is 0.444 e. The van der Waals surface area contributed by atoms with Gasteiger partial charge in [0.05, 0.1) is 0 Å². The number of amides is 1. The van der Waals surface area contributed by atoms with Crippen molar-refractivity contribution >= 4 is 11.9 Å². The van der Waals surface area contributed by atoms with E-state index in [2.05, 4.69) is 0 Å². The van der Waals surface area contributed by atoms with Crippen LogP contribution >= 0.6 is 0 Å². The minimum Gasteiger partial charge on any atom is -0.444 e. The average Bonchev–Trinajstić information content (AvgIpc) is 2.35. The Kier molecular flexibility index (Phi) is 5.75. The third-order valence-electron chi connectivity index (χ3n) is 3.12. The average molecular weight is 300 g/mol. The third-order valence-corrected chi connectivity index (χ3v) is 3.12. The summed E-state index contributed by atoms with van der Waals surface area (Å²) >= 11 is 0. The number of ether oxygens (including phenoxy) is 1. The topological polar surface area (TPSA) is 49.9 Å². The van der Waals surface area contributed by atoms with Crippen molar-refractivity contribution in [3.63, 3.8) is 0 Å². The van der Waals surface area contributed by atoms with Crippen LogP contribution in [0.1, 0.15) is 33.6 Å². The number of likely N-dealkylation sites (tertiary alicyclic amines) is 1. The molecule has 0 bridgehead atoms. The van der Waals surface area contributed by atoms with Crippen LogP contribution < -0.4 is 0 Å². The highest BCUT2D eigenvalue weighted by Crippen LogP contribution is 2.23. The molecule has 1 saturated heterocycles. The monoisotopic (exact) mass is 300 g/mol. The number of carbonyl (C=O) groups is 2. The Balaban J connectivity index is 2.52. The quantitative estimate of drug-likeness (QED) is 0.752. The number of hydrogen-bond acceptors (Lipinski definition) is 4. The third kappa shape index (κ3) is 5.73. The van der Waals surface area contributed by atoms with E-state index in [0.717, 1.165) is 0 Å². The van der Waals surface area contributed by atoms with Gasteiger partial charge in [-0.1, -0.05) is 0 Å². The molecular formula is C15H25FN2O3. The molecule has 1 fully saturated rings. The molecule has 0 aromatic heterocycles. The lowest BCUT2D eigenvalue weighted by atomic mass is 9.92. The fraction of sp³-hybridized carbons (Fsp3) is 0.733. The maximum Gasteiger partial charge on any atom is 0.410 e. The van der Waals surface area contributed by atoms with Crippen LogP contribution in [0.2, 0.25) is 0 Å². The van der Waals surface area contributed by atoms with E-state index in [4.69, 9.17) is 4.74 Å². The van der Waals surface area contributed by atoms with E-state index < -0.39 is 17.2 Å². The summed E-state index contributed by atoms with van der Waals surface area (Å²) in [5.41, 5.74) is -0.537. The molecule has 0 atom stereocenters. The summed E-state index contributed by atoms with van der Waals surface area (Å²) in [6.45, 7) is 6.26. The molecule has 1 aliphatic rings. The second-order valence-electron chi connectivity index (χ2n) is 6.55. The highest BCUT2D eigenvalue weighted by atomic mass is 19.1. The minimum atomic E-state index is -0.726. The van der Waals surface area contributed by atoms with Crippen molar-refractivity contribution < 1.29 is 18.7 Å². The van der Waals surface area contributed by atoms with Gasteiger partial charge >= 0.3 is 6.09 Å². The number of carbonyl (C=O) groups excluding carboxylic acids is 2. The van der Waals surface area contributed by atoms with Crippen LogP contribution in [0.3, 0.4) is 0 Å². The van der Waals surface area contributed by atoms with Gasteiger partial charge in [0.25, 0.3) is 0 Å². The molecule has 21 heavy (non-hydrogen) atoms. The zero-order valence-corrected chi connectivity index (χ0v) is 13.5. The van der Waals surface area contributed by atoms with E-state index in [1.807, 2.05) is 20.8 Å². The summed E-state index contributed by atoms with van der Waals surface area (Å²) in [4.78, 5) is 26.9. The van der Waals surface area contributed by atoms with E-state index in [1.54, 1.807) is 19.0 Å². The molecule has 0 unspecified atom stereocenters. The Morgan fingerprint density at radius 3 is 2.19 bits per heavy atom. The lowest BCUT2D eigenvalue weighted by Gasteiger charge is -2.32. The summed E-state index contributed by atoms with van der Waals surface area (Å²) in [6.07, 6.45) is 1.74. The normalized spacial score (nSPS) is 17.6. The Hall–Kier alpha value is -1.59. The van der Waals surface area contributed by atoms with Crippen molar-refractivity contribution in [2.75, 3.05) is 27.2 Å². The second-order valence-corrected chi connectivity index (χ2v) is 6.55. The van der Waals surface area contributed by atoms with Crippen LogP contribution in [0.15, 0.2) is 12.0 Å². The molecule has 0 aromatic carbocycles. The van der Waals surface area contributed by atoms with Gasteiger partial charge in [-0.25, -0.2) is 9.18 Å². The second kappa shape index (κ2) is 6.91. The first-order valence-corrected chi connectivity index (χ1v) is 7.16. The summed E-state index contributed by atoms with van der Waals surface area (Å²) in [6, 6.07) is 0. The van der Waals surface area contributed by atoms with Crippen molar-refractivity contribution in [3.05, 3.63) is 12.0 Å². The van der Waals surface area contributed by atoms with Gasteiger partial charge in [0.15, 0.2) is 11.6 Å². The van der Waals surface area contributed by atoms with Crippen LogP contribution in [-0.4, -0.2) is 54.5 Å². The molecule has 0 radical (unpaired) electrons. The lowest BCUT2D eigenvalue weighted by Crippen LogP contribution is -2.43. The standard InChI is InChI=1S/C15H25FN2O3/c1-15(2,3)21-14(20)18-8-6-11(7-9-18)13(19)12(16)10-17(4)5/h10-11H,6-9H2,1-5H3/b12-10-. The molecule has 1 heterocycles. The van der Waals surface area contributed by atoms with Gasteiger partial charge in [0.2, 0.25) is 0 Å². The first-order valence-electron chi connectivity index (χ1n) is 7.16. The van der Waals surface area contributed by atoms with E-state index >= 15 is 0 Å². The van der Waals surface area contributed by atoms with Crippen LogP contribution in [0.5, 0.6) is 0 Å². The number of ketones is 1.